The summed E-state index contributed by atoms with van der Waals surface area (Å²) in [6.45, 7) is 5.93. The summed E-state index contributed by atoms with van der Waals surface area (Å²) >= 11 is 0. The van der Waals surface area contributed by atoms with Gasteiger partial charge in [-0.1, -0.05) is 30.3 Å². The third kappa shape index (κ3) is 3.56. The van der Waals surface area contributed by atoms with Crippen molar-refractivity contribution in [2.24, 2.45) is 0 Å². The van der Waals surface area contributed by atoms with E-state index in [1.54, 1.807) is 10.9 Å². The molecule has 5 aromatic rings. The van der Waals surface area contributed by atoms with Crippen molar-refractivity contribution in [2.75, 3.05) is 5.32 Å². The van der Waals surface area contributed by atoms with E-state index in [9.17, 15) is 4.79 Å². The first-order valence-corrected chi connectivity index (χ1v) is 10.5. The molecule has 0 aliphatic carbocycles. The zero-order chi connectivity index (χ0) is 22.2. The Morgan fingerprint density at radius 1 is 0.969 bits per heavy atom. The number of imidazole rings is 1. The average molecular weight is 422 g/mol. The predicted octanol–water partition coefficient (Wildman–Crippen LogP) is 5.36. The van der Waals surface area contributed by atoms with Crippen LogP contribution in [-0.4, -0.2) is 25.1 Å². The minimum Gasteiger partial charge on any atom is -0.322 e. The molecule has 158 valence electrons. The molecule has 0 spiro atoms. The third-order valence-corrected chi connectivity index (χ3v) is 5.65. The molecular weight excluding hydrogens is 398 g/mol. The molecule has 0 radical (unpaired) electrons. The summed E-state index contributed by atoms with van der Waals surface area (Å²) in [7, 11) is 0. The summed E-state index contributed by atoms with van der Waals surface area (Å²) in [5.74, 6) is -0.185. The Labute approximate surface area is 186 Å². The van der Waals surface area contributed by atoms with Gasteiger partial charge >= 0.3 is 0 Å². The van der Waals surface area contributed by atoms with E-state index in [1.165, 1.54) is 0 Å². The second-order valence-corrected chi connectivity index (χ2v) is 7.97. The van der Waals surface area contributed by atoms with Crippen LogP contribution in [0.1, 0.15) is 27.2 Å². The number of carbonyl (C=O) groups is 1. The molecule has 0 aliphatic rings. The fourth-order valence-electron chi connectivity index (χ4n) is 3.79. The van der Waals surface area contributed by atoms with Crippen molar-refractivity contribution in [1.29, 1.82) is 0 Å². The number of nitrogens with one attached hydrogen (secondary N) is 1. The van der Waals surface area contributed by atoms with Crippen molar-refractivity contribution in [3.05, 3.63) is 102 Å². The van der Waals surface area contributed by atoms with Gasteiger partial charge in [0.05, 0.1) is 28.8 Å². The summed E-state index contributed by atoms with van der Waals surface area (Å²) < 4.78 is 3.78. The topological polar surface area (TPSA) is 64.2 Å². The normalized spacial score (nSPS) is 11.1. The molecule has 5 rings (SSSR count). The van der Waals surface area contributed by atoms with Crippen LogP contribution in [0.4, 0.5) is 5.69 Å². The van der Waals surface area contributed by atoms with Crippen molar-refractivity contribution >= 4 is 17.2 Å². The lowest BCUT2D eigenvalue weighted by Gasteiger charge is -2.10. The molecule has 0 saturated heterocycles. The predicted molar refractivity (Wildman–Crippen MR) is 126 cm³/mol. The number of fused-ring (bicyclic) bond motifs is 1. The van der Waals surface area contributed by atoms with Gasteiger partial charge in [-0.2, -0.15) is 5.10 Å². The maximum atomic E-state index is 13.1. The fraction of sp³-hybridized carbons (Fsp3) is 0.115. The number of nitrogens with zero attached hydrogens (tertiary/aromatic N) is 4. The Hall–Kier alpha value is -4.19. The second kappa shape index (κ2) is 7.81. The highest BCUT2D eigenvalue weighted by Gasteiger charge is 2.17. The van der Waals surface area contributed by atoms with Crippen molar-refractivity contribution < 1.29 is 4.79 Å². The summed E-state index contributed by atoms with van der Waals surface area (Å²) in [6, 6.07) is 19.9. The van der Waals surface area contributed by atoms with Gasteiger partial charge in [0.25, 0.3) is 5.91 Å². The van der Waals surface area contributed by atoms with Gasteiger partial charge in [-0.05, 0) is 62.2 Å². The van der Waals surface area contributed by atoms with E-state index < -0.39 is 0 Å². The van der Waals surface area contributed by atoms with Crippen LogP contribution < -0.4 is 5.32 Å². The quantitative estimate of drug-likeness (QED) is 0.425. The lowest BCUT2D eigenvalue weighted by molar-refractivity contribution is 0.102. The second-order valence-electron chi connectivity index (χ2n) is 7.97. The number of carbonyl (C=O) groups excluding carboxylic acids is 1. The minimum atomic E-state index is -0.185. The van der Waals surface area contributed by atoms with Gasteiger partial charge in [0, 0.05) is 23.6 Å². The van der Waals surface area contributed by atoms with Gasteiger partial charge in [-0.3, -0.25) is 4.79 Å². The van der Waals surface area contributed by atoms with E-state index in [0.29, 0.717) is 5.56 Å². The molecule has 2 aromatic carbocycles. The summed E-state index contributed by atoms with van der Waals surface area (Å²) in [6.07, 6.45) is 5.62. The van der Waals surface area contributed by atoms with E-state index in [-0.39, 0.29) is 5.91 Å². The van der Waals surface area contributed by atoms with Crippen LogP contribution >= 0.6 is 0 Å². The van der Waals surface area contributed by atoms with Crippen molar-refractivity contribution in [1.82, 2.24) is 19.2 Å². The Morgan fingerprint density at radius 3 is 2.59 bits per heavy atom. The smallest absolute Gasteiger partial charge is 0.259 e. The largest absolute Gasteiger partial charge is 0.322 e. The van der Waals surface area contributed by atoms with Gasteiger partial charge in [0.1, 0.15) is 5.65 Å². The number of rotatable bonds is 4. The third-order valence-electron chi connectivity index (χ3n) is 5.65. The number of aryl methyl sites for hydroxylation is 2. The average Bonchev–Trinajstić information content (AvgIpc) is 3.39. The first-order chi connectivity index (χ1) is 15.5. The van der Waals surface area contributed by atoms with Gasteiger partial charge in [0.15, 0.2) is 0 Å². The molecule has 1 amide bonds. The number of para-hydroxylation sites is 1. The van der Waals surface area contributed by atoms with Crippen LogP contribution in [-0.2, 0) is 0 Å². The number of benzene rings is 2. The van der Waals surface area contributed by atoms with Crippen LogP contribution in [0.2, 0.25) is 0 Å². The number of aromatic nitrogens is 4. The van der Waals surface area contributed by atoms with Gasteiger partial charge in [-0.15, -0.1) is 0 Å². The Balaban J connectivity index is 1.44. The van der Waals surface area contributed by atoms with Crippen LogP contribution in [0, 0.1) is 20.8 Å². The summed E-state index contributed by atoms with van der Waals surface area (Å²) in [5.41, 5.74) is 7.86. The highest BCUT2D eigenvalue weighted by molar-refractivity contribution is 6.05. The molecule has 0 saturated carbocycles. The summed E-state index contributed by atoms with van der Waals surface area (Å²) in [5, 5.41) is 7.47. The maximum absolute atomic E-state index is 13.1. The molecule has 0 bridgehead atoms. The highest BCUT2D eigenvalue weighted by atomic mass is 16.1. The lowest BCUT2D eigenvalue weighted by Crippen LogP contribution is -2.14. The van der Waals surface area contributed by atoms with Crippen molar-refractivity contribution in [2.45, 2.75) is 20.8 Å². The molecule has 0 atom stereocenters. The standard InChI is InChI=1S/C26H23N5O/c1-17-11-12-30-16-24(28-25(30)13-17)20-10-9-18(2)23(14-20)29-26(32)22-15-27-31(19(22)3)21-7-5-4-6-8-21/h4-16H,1-3H3,(H,29,32). The number of hydrogen-bond donors (Lipinski definition) is 1. The Bertz CT molecular complexity index is 1450. The van der Waals surface area contributed by atoms with E-state index >= 15 is 0 Å². The van der Waals surface area contributed by atoms with Gasteiger partial charge in [-0.25, -0.2) is 9.67 Å². The van der Waals surface area contributed by atoms with Crippen molar-refractivity contribution in [3.63, 3.8) is 0 Å². The van der Waals surface area contributed by atoms with E-state index in [2.05, 4.69) is 23.4 Å². The van der Waals surface area contributed by atoms with Crippen LogP contribution in [0.25, 0.3) is 22.6 Å². The minimum absolute atomic E-state index is 0.185. The fourth-order valence-corrected chi connectivity index (χ4v) is 3.79. The van der Waals surface area contributed by atoms with Crippen molar-refractivity contribution in [3.8, 4) is 16.9 Å². The van der Waals surface area contributed by atoms with Crippen LogP contribution in [0.3, 0.4) is 0 Å². The Kier molecular flexibility index (Phi) is 4.82. The van der Waals surface area contributed by atoms with Gasteiger partial charge in [0.2, 0.25) is 0 Å². The zero-order valence-corrected chi connectivity index (χ0v) is 18.2. The first-order valence-electron chi connectivity index (χ1n) is 10.5. The zero-order valence-electron chi connectivity index (χ0n) is 18.2. The maximum Gasteiger partial charge on any atom is 0.259 e. The first kappa shape index (κ1) is 19.8. The van der Waals surface area contributed by atoms with Gasteiger partial charge < -0.3 is 9.72 Å². The lowest BCUT2D eigenvalue weighted by atomic mass is 10.1. The highest BCUT2D eigenvalue weighted by Crippen LogP contribution is 2.26. The number of anilines is 1. The molecule has 3 aromatic heterocycles. The molecule has 0 unspecified atom stereocenters. The number of amides is 1. The molecule has 6 nitrogen and oxygen atoms in total. The molecule has 32 heavy (non-hydrogen) atoms. The molecular formula is C26H23N5O. The molecule has 6 heteroatoms. The summed E-state index contributed by atoms with van der Waals surface area (Å²) in [4.78, 5) is 17.8. The SMILES string of the molecule is Cc1ccn2cc(-c3ccc(C)c(NC(=O)c4cnn(-c5ccccc5)c4C)c3)nc2c1. The van der Waals surface area contributed by atoms with Crippen LogP contribution in [0.5, 0.6) is 0 Å². The molecule has 0 aliphatic heterocycles. The molecule has 3 heterocycles. The molecule has 1 N–H and O–H groups in total. The van der Waals surface area contributed by atoms with E-state index in [0.717, 1.165) is 45.1 Å². The van der Waals surface area contributed by atoms with E-state index in [4.69, 9.17) is 4.98 Å². The Morgan fingerprint density at radius 2 is 1.78 bits per heavy atom. The molecule has 0 fully saturated rings. The van der Waals surface area contributed by atoms with Crippen LogP contribution in [0.15, 0.2) is 79.3 Å². The number of pyridine rings is 1. The van der Waals surface area contributed by atoms with E-state index in [1.807, 2.05) is 85.2 Å². The number of hydrogen-bond acceptors (Lipinski definition) is 3. The monoisotopic (exact) mass is 421 g/mol.